The Hall–Kier alpha value is -4.85. The van der Waals surface area contributed by atoms with Gasteiger partial charge in [0.1, 0.15) is 23.9 Å². The average Bonchev–Trinajstić information content (AvgIpc) is 3.27. The van der Waals surface area contributed by atoms with Crippen molar-refractivity contribution in [3.8, 4) is 11.5 Å². The minimum absolute atomic E-state index is 0.209. The second kappa shape index (κ2) is 11.9. The van der Waals surface area contributed by atoms with Crippen molar-refractivity contribution in [3.05, 3.63) is 72.0 Å². The molecule has 0 saturated carbocycles. The first kappa shape index (κ1) is 28.2. The van der Waals surface area contributed by atoms with Crippen LogP contribution in [0.5, 0.6) is 11.5 Å². The van der Waals surface area contributed by atoms with Gasteiger partial charge in [-0.3, -0.25) is 5.32 Å². The number of fused-ring (bicyclic) bond motifs is 1. The van der Waals surface area contributed by atoms with Gasteiger partial charge >= 0.3 is 18.3 Å². The number of H-pyrrole nitrogens is 1. The zero-order valence-electron chi connectivity index (χ0n) is 21.2. The molecule has 0 bridgehead atoms. The third kappa shape index (κ3) is 7.60. The van der Waals surface area contributed by atoms with Gasteiger partial charge in [-0.25, -0.2) is 19.0 Å². The smallest absolute Gasteiger partial charge is 0.416 e. The summed E-state index contributed by atoms with van der Waals surface area (Å²) in [5.74, 6) is 0.0657. The molecule has 4 rings (SSSR count). The number of carbonyl (C=O) groups excluding carboxylic acids is 2. The molecule has 3 amide bonds. The van der Waals surface area contributed by atoms with Gasteiger partial charge in [0.05, 0.1) is 22.3 Å². The second-order valence-electron chi connectivity index (χ2n) is 8.73. The molecule has 1 aromatic heterocycles. The molecule has 0 aliphatic rings. The van der Waals surface area contributed by atoms with Gasteiger partial charge in [-0.2, -0.15) is 13.2 Å². The number of aromatic nitrogens is 2. The van der Waals surface area contributed by atoms with Crippen LogP contribution in [-0.2, 0) is 10.9 Å². The van der Waals surface area contributed by atoms with Gasteiger partial charge in [0.2, 0.25) is 5.95 Å². The number of hydrogen-bond acceptors (Lipinski definition) is 6. The van der Waals surface area contributed by atoms with Crippen LogP contribution < -0.4 is 20.7 Å². The lowest BCUT2D eigenvalue weighted by Gasteiger charge is -2.12. The zero-order valence-corrected chi connectivity index (χ0v) is 21.2. The first-order valence-electron chi connectivity index (χ1n) is 11.8. The predicted octanol–water partition coefficient (Wildman–Crippen LogP) is 6.27. The molecule has 0 unspecified atom stereocenters. The molecule has 0 fully saturated rings. The van der Waals surface area contributed by atoms with E-state index in [1.807, 2.05) is 19.0 Å². The van der Waals surface area contributed by atoms with E-state index >= 15 is 0 Å². The van der Waals surface area contributed by atoms with E-state index in [0.29, 0.717) is 47.3 Å². The van der Waals surface area contributed by atoms with Gasteiger partial charge in [-0.15, -0.1) is 0 Å². The number of anilines is 3. The summed E-state index contributed by atoms with van der Waals surface area (Å²) in [5.41, 5.74) is -0.239. The number of rotatable bonds is 8. The SMILES string of the molecule is CN(C)CCOC(=O)Nc1nc2ccc(Oc3ccc(NC(=O)Nc4cc(C(F)(F)F)ccc4F)cc3)cc2[nH]1. The molecule has 40 heavy (non-hydrogen) atoms. The quantitative estimate of drug-likeness (QED) is 0.189. The van der Waals surface area contributed by atoms with Gasteiger partial charge in [0.25, 0.3) is 0 Å². The number of nitrogens with one attached hydrogen (secondary N) is 4. The van der Waals surface area contributed by atoms with Crippen LogP contribution in [0.3, 0.4) is 0 Å². The molecular weight excluding hydrogens is 536 g/mol. The van der Waals surface area contributed by atoms with Crippen molar-refractivity contribution in [2.75, 3.05) is 43.2 Å². The van der Waals surface area contributed by atoms with Crippen LogP contribution >= 0.6 is 0 Å². The van der Waals surface area contributed by atoms with E-state index in [4.69, 9.17) is 9.47 Å². The van der Waals surface area contributed by atoms with Crippen LogP contribution in [0.4, 0.5) is 44.5 Å². The Balaban J connectivity index is 1.34. The molecule has 0 aliphatic heterocycles. The summed E-state index contributed by atoms with van der Waals surface area (Å²) < 4.78 is 63.4. The third-order valence-corrected chi connectivity index (χ3v) is 5.34. The Morgan fingerprint density at radius 1 is 0.950 bits per heavy atom. The maximum atomic E-state index is 13.9. The highest BCUT2D eigenvalue weighted by molar-refractivity contribution is 5.99. The van der Waals surface area contributed by atoms with Crippen LogP contribution in [0.15, 0.2) is 60.7 Å². The Labute approximate surface area is 225 Å². The number of alkyl halides is 3. The highest BCUT2D eigenvalue weighted by atomic mass is 19.4. The van der Waals surface area contributed by atoms with E-state index < -0.39 is 35.4 Å². The molecule has 0 spiro atoms. The Morgan fingerprint density at radius 2 is 1.68 bits per heavy atom. The van der Waals surface area contributed by atoms with Crippen molar-refractivity contribution < 1.29 is 36.6 Å². The van der Waals surface area contributed by atoms with Crippen LogP contribution in [0, 0.1) is 5.82 Å². The Bertz CT molecular complexity index is 1510. The number of nitrogens with zero attached hydrogens (tertiary/aromatic N) is 2. The summed E-state index contributed by atoms with van der Waals surface area (Å²) in [7, 11) is 3.72. The van der Waals surface area contributed by atoms with Crippen molar-refractivity contribution in [2.24, 2.45) is 0 Å². The lowest BCUT2D eigenvalue weighted by atomic mass is 10.2. The van der Waals surface area contributed by atoms with Gasteiger partial charge in [0, 0.05) is 18.3 Å². The Morgan fingerprint density at radius 3 is 2.38 bits per heavy atom. The summed E-state index contributed by atoms with van der Waals surface area (Å²) in [6.07, 6.45) is -5.32. The monoisotopic (exact) mass is 560 g/mol. The molecule has 10 nitrogen and oxygen atoms in total. The fraction of sp³-hybridized carbons (Fsp3) is 0.192. The van der Waals surface area contributed by atoms with Crippen molar-refractivity contribution in [1.82, 2.24) is 14.9 Å². The summed E-state index contributed by atoms with van der Waals surface area (Å²) >= 11 is 0. The van der Waals surface area contributed by atoms with E-state index in [0.717, 1.165) is 0 Å². The molecule has 4 N–H and O–H groups in total. The lowest BCUT2D eigenvalue weighted by molar-refractivity contribution is -0.137. The van der Waals surface area contributed by atoms with Crippen molar-refractivity contribution in [2.45, 2.75) is 6.18 Å². The third-order valence-electron chi connectivity index (χ3n) is 5.34. The molecule has 14 heteroatoms. The predicted molar refractivity (Wildman–Crippen MR) is 140 cm³/mol. The van der Waals surface area contributed by atoms with E-state index in [2.05, 4.69) is 25.9 Å². The van der Waals surface area contributed by atoms with Gasteiger partial charge in [-0.1, -0.05) is 0 Å². The summed E-state index contributed by atoms with van der Waals surface area (Å²) in [6, 6.07) is 11.9. The minimum atomic E-state index is -4.68. The number of benzene rings is 3. The second-order valence-corrected chi connectivity index (χ2v) is 8.73. The van der Waals surface area contributed by atoms with E-state index in [1.165, 1.54) is 12.1 Å². The number of ether oxygens (including phenoxy) is 2. The van der Waals surface area contributed by atoms with Crippen molar-refractivity contribution in [3.63, 3.8) is 0 Å². The topological polar surface area (TPSA) is 121 Å². The molecule has 0 radical (unpaired) electrons. The number of halogens is 4. The fourth-order valence-corrected chi connectivity index (χ4v) is 3.39. The number of urea groups is 1. The first-order chi connectivity index (χ1) is 19.0. The normalized spacial score (nSPS) is 11.4. The highest BCUT2D eigenvalue weighted by Crippen LogP contribution is 2.32. The number of hydrogen-bond donors (Lipinski definition) is 4. The van der Waals surface area contributed by atoms with Crippen LogP contribution in [-0.4, -0.2) is 54.2 Å². The number of aromatic amines is 1. The average molecular weight is 561 g/mol. The van der Waals surface area contributed by atoms with Crippen LogP contribution in [0.2, 0.25) is 0 Å². The maximum absolute atomic E-state index is 13.9. The zero-order chi connectivity index (χ0) is 28.9. The molecular formula is C26H24F4N6O4. The largest absolute Gasteiger partial charge is 0.457 e. The number of carbonyl (C=O) groups is 2. The summed E-state index contributed by atoms with van der Waals surface area (Å²) in [6.45, 7) is 0.808. The number of likely N-dealkylation sites (N-methyl/N-ethyl adjacent to an activating group) is 1. The molecule has 1 heterocycles. The summed E-state index contributed by atoms with van der Waals surface area (Å²) in [4.78, 5) is 33.2. The Kier molecular flexibility index (Phi) is 8.38. The van der Waals surface area contributed by atoms with E-state index in [9.17, 15) is 27.2 Å². The van der Waals surface area contributed by atoms with Gasteiger partial charge in [0.15, 0.2) is 0 Å². The molecule has 0 aliphatic carbocycles. The minimum Gasteiger partial charge on any atom is -0.457 e. The maximum Gasteiger partial charge on any atom is 0.416 e. The van der Waals surface area contributed by atoms with Crippen molar-refractivity contribution in [1.29, 1.82) is 0 Å². The van der Waals surface area contributed by atoms with Crippen molar-refractivity contribution >= 4 is 40.5 Å². The molecule has 4 aromatic rings. The van der Waals surface area contributed by atoms with Crippen LogP contribution in [0.25, 0.3) is 11.0 Å². The molecule has 0 atom stereocenters. The highest BCUT2D eigenvalue weighted by Gasteiger charge is 2.31. The standard InChI is InChI=1S/C26H24F4N6O4/c1-36(2)11-12-39-25(38)35-23-32-20-10-8-18(14-22(20)33-23)40-17-6-4-16(5-7-17)31-24(37)34-21-13-15(26(28,29)30)3-9-19(21)27/h3-10,13-14H,11-12H2,1-2H3,(H2,31,34,37)(H2,32,33,35,38). The molecule has 3 aromatic carbocycles. The fourth-order valence-electron chi connectivity index (χ4n) is 3.39. The van der Waals surface area contributed by atoms with Crippen LogP contribution in [0.1, 0.15) is 5.56 Å². The molecule has 210 valence electrons. The first-order valence-corrected chi connectivity index (χ1v) is 11.8. The molecule has 0 saturated heterocycles. The number of imidazole rings is 1. The number of amides is 3. The van der Waals surface area contributed by atoms with Gasteiger partial charge in [-0.05, 0) is 68.7 Å². The summed E-state index contributed by atoms with van der Waals surface area (Å²) in [5, 5.41) is 7.01. The van der Waals surface area contributed by atoms with Gasteiger partial charge < -0.3 is 30.0 Å². The van der Waals surface area contributed by atoms with E-state index in [1.54, 1.807) is 30.3 Å². The lowest BCUT2D eigenvalue weighted by Crippen LogP contribution is -2.22. The van der Waals surface area contributed by atoms with E-state index in [-0.39, 0.29) is 18.2 Å².